The number of nitrogens with two attached hydrogens (primary N) is 1. The zero-order valence-electron chi connectivity index (χ0n) is 7.73. The van der Waals surface area contributed by atoms with Gasteiger partial charge in [0.2, 0.25) is 0 Å². The first kappa shape index (κ1) is 8.04. The van der Waals surface area contributed by atoms with Crippen LogP contribution < -0.4 is 5.73 Å². The Morgan fingerprint density at radius 3 is 2.92 bits per heavy atom. The van der Waals surface area contributed by atoms with Gasteiger partial charge >= 0.3 is 0 Å². The van der Waals surface area contributed by atoms with Gasteiger partial charge in [-0.3, -0.25) is 4.68 Å². The van der Waals surface area contributed by atoms with Crippen LogP contribution in [0.25, 0.3) is 10.9 Å². The summed E-state index contributed by atoms with van der Waals surface area (Å²) in [5.41, 5.74) is 6.75. The fraction of sp³-hybridized carbons (Fsp3) is 0.333. The summed E-state index contributed by atoms with van der Waals surface area (Å²) < 4.78 is 1.94. The fourth-order valence-corrected chi connectivity index (χ4v) is 1.40. The van der Waals surface area contributed by atoms with Crippen molar-refractivity contribution in [2.75, 3.05) is 5.73 Å². The molecule has 2 aromatic rings. The van der Waals surface area contributed by atoms with E-state index < -0.39 is 0 Å². The largest absolute Gasteiger partial charge is 0.383 e. The van der Waals surface area contributed by atoms with Gasteiger partial charge < -0.3 is 5.73 Å². The maximum absolute atomic E-state index is 5.71. The van der Waals surface area contributed by atoms with Crippen LogP contribution in [0.1, 0.15) is 19.9 Å². The highest BCUT2D eigenvalue weighted by Crippen LogP contribution is 2.20. The molecule has 0 amide bonds. The Hall–Kier alpha value is -1.58. The average Bonchev–Trinajstić information content (AvgIpc) is 2.48. The monoisotopic (exact) mass is 176 g/mol. The summed E-state index contributed by atoms with van der Waals surface area (Å²) in [6.07, 6.45) is 3.47. The van der Waals surface area contributed by atoms with Crippen molar-refractivity contribution in [3.63, 3.8) is 0 Å². The molecule has 0 aliphatic rings. The smallest absolute Gasteiger partial charge is 0.134 e. The lowest BCUT2D eigenvalue weighted by molar-refractivity contribution is 0.551. The second-order valence-electron chi connectivity index (χ2n) is 3.31. The summed E-state index contributed by atoms with van der Waals surface area (Å²) >= 11 is 0. The van der Waals surface area contributed by atoms with Crippen LogP contribution in [0.15, 0.2) is 18.5 Å². The van der Waals surface area contributed by atoms with Crippen molar-refractivity contribution >= 4 is 16.7 Å². The highest BCUT2D eigenvalue weighted by molar-refractivity contribution is 5.87. The molecule has 0 saturated heterocycles. The number of anilines is 1. The lowest BCUT2D eigenvalue weighted by Gasteiger charge is -2.06. The molecule has 0 unspecified atom stereocenters. The Morgan fingerprint density at radius 2 is 2.23 bits per heavy atom. The normalized spacial score (nSPS) is 11.3. The predicted molar refractivity (Wildman–Crippen MR) is 52.3 cm³/mol. The first-order chi connectivity index (χ1) is 6.20. The Balaban J connectivity index is 2.75. The highest BCUT2D eigenvalue weighted by atomic mass is 15.3. The second-order valence-corrected chi connectivity index (χ2v) is 3.31. The Kier molecular flexibility index (Phi) is 1.69. The number of nitrogen functional groups attached to an aromatic ring is 1. The molecule has 2 N–H and O–H groups in total. The Morgan fingerprint density at radius 1 is 1.46 bits per heavy atom. The third-order valence-corrected chi connectivity index (χ3v) is 2.05. The van der Waals surface area contributed by atoms with E-state index in [4.69, 9.17) is 5.73 Å². The molecule has 4 nitrogen and oxygen atoms in total. The van der Waals surface area contributed by atoms with Crippen LogP contribution in [-0.2, 0) is 0 Å². The van der Waals surface area contributed by atoms with Crippen LogP contribution in [0.4, 0.5) is 5.82 Å². The van der Waals surface area contributed by atoms with Gasteiger partial charge in [-0.25, -0.2) is 4.98 Å². The van der Waals surface area contributed by atoms with Gasteiger partial charge in [-0.05, 0) is 19.9 Å². The van der Waals surface area contributed by atoms with E-state index in [2.05, 4.69) is 23.9 Å². The molecule has 0 spiro atoms. The van der Waals surface area contributed by atoms with Gasteiger partial charge in [0, 0.05) is 12.2 Å². The number of nitrogens with zero attached hydrogens (tertiary/aromatic N) is 3. The van der Waals surface area contributed by atoms with E-state index in [-0.39, 0.29) is 0 Å². The molecule has 4 heteroatoms. The average molecular weight is 176 g/mol. The number of fused-ring (bicyclic) bond motifs is 1. The minimum Gasteiger partial charge on any atom is -0.383 e. The van der Waals surface area contributed by atoms with Crippen molar-refractivity contribution in [3.8, 4) is 0 Å². The summed E-state index contributed by atoms with van der Waals surface area (Å²) in [6, 6.07) is 2.28. The molecule has 0 saturated carbocycles. The van der Waals surface area contributed by atoms with Crippen molar-refractivity contribution in [1.29, 1.82) is 0 Å². The van der Waals surface area contributed by atoms with Gasteiger partial charge in [-0.2, -0.15) is 5.10 Å². The summed E-state index contributed by atoms with van der Waals surface area (Å²) in [6.45, 7) is 4.17. The molecule has 13 heavy (non-hydrogen) atoms. The summed E-state index contributed by atoms with van der Waals surface area (Å²) in [4.78, 5) is 4.00. The number of hydrogen-bond donors (Lipinski definition) is 1. The third kappa shape index (κ3) is 1.14. The van der Waals surface area contributed by atoms with Gasteiger partial charge in [0.1, 0.15) is 5.82 Å². The molecule has 2 aromatic heterocycles. The van der Waals surface area contributed by atoms with Crippen molar-refractivity contribution in [3.05, 3.63) is 18.5 Å². The molecule has 0 atom stereocenters. The quantitative estimate of drug-likeness (QED) is 0.717. The molecule has 0 bridgehead atoms. The lowest BCUT2D eigenvalue weighted by Crippen LogP contribution is -2.02. The summed E-state index contributed by atoms with van der Waals surface area (Å²) in [7, 11) is 0. The molecular weight excluding hydrogens is 164 g/mol. The van der Waals surface area contributed by atoms with Crippen LogP contribution in [0.3, 0.4) is 0 Å². The van der Waals surface area contributed by atoms with Crippen molar-refractivity contribution in [1.82, 2.24) is 14.8 Å². The van der Waals surface area contributed by atoms with Crippen molar-refractivity contribution in [2.45, 2.75) is 19.9 Å². The molecule has 0 aliphatic heterocycles. The zero-order valence-corrected chi connectivity index (χ0v) is 7.73. The van der Waals surface area contributed by atoms with Crippen molar-refractivity contribution < 1.29 is 0 Å². The maximum Gasteiger partial charge on any atom is 0.134 e. The first-order valence-corrected chi connectivity index (χ1v) is 4.28. The van der Waals surface area contributed by atoms with E-state index in [0.29, 0.717) is 11.9 Å². The minimum atomic E-state index is 0.347. The summed E-state index contributed by atoms with van der Waals surface area (Å²) in [5.74, 6) is 0.546. The minimum absolute atomic E-state index is 0.347. The predicted octanol–water partition coefficient (Wildman–Crippen LogP) is 1.59. The Bertz CT molecular complexity index is 430. The van der Waals surface area contributed by atoms with Gasteiger partial charge in [0.05, 0.1) is 17.1 Å². The van der Waals surface area contributed by atoms with E-state index in [1.807, 2.05) is 10.7 Å². The Labute approximate surface area is 76.4 Å². The zero-order chi connectivity index (χ0) is 9.42. The highest BCUT2D eigenvalue weighted by Gasteiger charge is 2.07. The number of aromatic nitrogens is 3. The van der Waals surface area contributed by atoms with E-state index in [0.717, 1.165) is 10.9 Å². The van der Waals surface area contributed by atoms with Crippen LogP contribution in [-0.4, -0.2) is 14.8 Å². The number of rotatable bonds is 1. The molecular formula is C9H12N4. The molecule has 2 heterocycles. The van der Waals surface area contributed by atoms with E-state index in [1.165, 1.54) is 0 Å². The van der Waals surface area contributed by atoms with Crippen LogP contribution in [0.5, 0.6) is 0 Å². The van der Waals surface area contributed by atoms with Crippen LogP contribution in [0.2, 0.25) is 0 Å². The second kappa shape index (κ2) is 2.73. The van der Waals surface area contributed by atoms with Gasteiger partial charge in [-0.15, -0.1) is 0 Å². The molecule has 0 aliphatic carbocycles. The summed E-state index contributed by atoms with van der Waals surface area (Å²) in [5, 5.41) is 5.18. The molecule has 68 valence electrons. The SMILES string of the molecule is CC(C)n1ncc2c(N)nccc21. The van der Waals surface area contributed by atoms with Gasteiger partial charge in [0.15, 0.2) is 0 Å². The van der Waals surface area contributed by atoms with E-state index in [1.54, 1.807) is 12.4 Å². The number of hydrogen-bond acceptors (Lipinski definition) is 3. The maximum atomic E-state index is 5.71. The van der Waals surface area contributed by atoms with E-state index in [9.17, 15) is 0 Å². The van der Waals surface area contributed by atoms with Gasteiger partial charge in [0.25, 0.3) is 0 Å². The molecule has 0 radical (unpaired) electrons. The first-order valence-electron chi connectivity index (χ1n) is 4.28. The molecule has 0 aromatic carbocycles. The van der Waals surface area contributed by atoms with E-state index >= 15 is 0 Å². The molecule has 0 fully saturated rings. The van der Waals surface area contributed by atoms with Gasteiger partial charge in [-0.1, -0.05) is 0 Å². The standard InChI is InChI=1S/C9H12N4/c1-6(2)13-8-3-4-11-9(10)7(8)5-12-13/h3-6H,1-2H3,(H2,10,11). The lowest BCUT2D eigenvalue weighted by atomic mass is 10.3. The fourth-order valence-electron chi connectivity index (χ4n) is 1.40. The van der Waals surface area contributed by atoms with Crippen LogP contribution >= 0.6 is 0 Å². The number of pyridine rings is 1. The van der Waals surface area contributed by atoms with Crippen LogP contribution in [0, 0.1) is 0 Å². The van der Waals surface area contributed by atoms with Crippen molar-refractivity contribution in [2.24, 2.45) is 0 Å². The molecule has 2 rings (SSSR count). The third-order valence-electron chi connectivity index (χ3n) is 2.05. The topological polar surface area (TPSA) is 56.7 Å².